The van der Waals surface area contributed by atoms with E-state index in [-0.39, 0.29) is 19.0 Å². The van der Waals surface area contributed by atoms with Crippen molar-refractivity contribution in [1.82, 2.24) is 15.2 Å². The van der Waals surface area contributed by atoms with Crippen LogP contribution in [0.4, 0.5) is 0 Å². The largest absolute Gasteiger partial charge is 0.388 e. The van der Waals surface area contributed by atoms with E-state index in [2.05, 4.69) is 16.4 Å². The lowest BCUT2D eigenvalue weighted by Gasteiger charge is -2.42. The molecule has 0 saturated carbocycles. The van der Waals surface area contributed by atoms with Gasteiger partial charge in [-0.1, -0.05) is 29.8 Å². The quantitative estimate of drug-likeness (QED) is 0.455. The molecule has 158 valence electrons. The van der Waals surface area contributed by atoms with Gasteiger partial charge in [0.25, 0.3) is 5.91 Å². The highest BCUT2D eigenvalue weighted by atomic mass is 35.5. The van der Waals surface area contributed by atoms with Crippen molar-refractivity contribution in [3.8, 4) is 0 Å². The van der Waals surface area contributed by atoms with E-state index in [0.717, 1.165) is 11.9 Å². The Balaban J connectivity index is 1.29. The molecule has 1 saturated heterocycles. The predicted molar refractivity (Wildman–Crippen MR) is 118 cm³/mol. The number of para-hydroxylation sites is 1. The summed E-state index contributed by atoms with van der Waals surface area (Å²) in [5, 5.41) is 26.5. The average Bonchev–Trinajstić information content (AvgIpc) is 3.17. The van der Waals surface area contributed by atoms with E-state index in [1.807, 2.05) is 24.4 Å². The molecule has 0 bridgehead atoms. The molecule has 0 radical (unpaired) electrons. The van der Waals surface area contributed by atoms with E-state index in [1.54, 1.807) is 29.2 Å². The minimum absolute atomic E-state index is 0.0993. The smallest absolute Gasteiger partial charge is 0.253 e. The maximum atomic E-state index is 12.6. The summed E-state index contributed by atoms with van der Waals surface area (Å²) in [4.78, 5) is 17.5. The van der Waals surface area contributed by atoms with Crippen LogP contribution in [-0.4, -0.2) is 63.9 Å². The zero-order valence-electron chi connectivity index (χ0n) is 16.6. The normalized spacial score (nSPS) is 21.8. The number of fused-ring (bicyclic) bond motifs is 1. The zero-order chi connectivity index (χ0) is 21.1. The van der Waals surface area contributed by atoms with E-state index in [0.29, 0.717) is 30.1 Å². The molecular weight excluding hydrogens is 402 g/mol. The summed E-state index contributed by atoms with van der Waals surface area (Å²) in [5.41, 5.74) is 1.60. The van der Waals surface area contributed by atoms with Crippen LogP contribution in [0.2, 0.25) is 5.02 Å². The molecule has 4 rings (SSSR count). The number of carbonyl (C=O) groups is 1. The molecule has 2 atom stereocenters. The Labute approximate surface area is 180 Å². The fourth-order valence-corrected chi connectivity index (χ4v) is 4.12. The van der Waals surface area contributed by atoms with Gasteiger partial charge in [0.05, 0.1) is 0 Å². The molecule has 0 aliphatic carbocycles. The molecule has 7 heteroatoms. The Bertz CT molecular complexity index is 1020. The number of nitrogens with one attached hydrogen (secondary N) is 2. The van der Waals surface area contributed by atoms with Crippen molar-refractivity contribution < 1.29 is 15.0 Å². The lowest BCUT2D eigenvalue weighted by Crippen LogP contribution is -2.60. The molecule has 3 aromatic rings. The molecule has 2 heterocycles. The second-order valence-electron chi connectivity index (χ2n) is 7.91. The Kier molecular flexibility index (Phi) is 6.11. The number of hydrogen-bond acceptors (Lipinski definition) is 4. The van der Waals surface area contributed by atoms with Gasteiger partial charge in [0.2, 0.25) is 0 Å². The highest BCUT2D eigenvalue weighted by Crippen LogP contribution is 2.24. The van der Waals surface area contributed by atoms with Crippen LogP contribution in [0.25, 0.3) is 10.9 Å². The van der Waals surface area contributed by atoms with Crippen molar-refractivity contribution in [2.75, 3.05) is 26.2 Å². The fourth-order valence-electron chi connectivity index (χ4n) is 4.00. The van der Waals surface area contributed by atoms with Crippen LogP contribution in [0.3, 0.4) is 0 Å². The molecule has 0 unspecified atom stereocenters. The van der Waals surface area contributed by atoms with Crippen LogP contribution in [0.5, 0.6) is 0 Å². The monoisotopic (exact) mass is 427 g/mol. The maximum Gasteiger partial charge on any atom is 0.253 e. The first-order valence-corrected chi connectivity index (χ1v) is 10.5. The highest BCUT2D eigenvalue weighted by Gasteiger charge is 2.41. The molecular formula is C23H26ClN3O3. The molecule has 2 aromatic carbocycles. The number of carbonyl (C=O) groups excluding carboxylic acids is 1. The molecule has 1 amide bonds. The number of halogens is 1. The summed E-state index contributed by atoms with van der Waals surface area (Å²) in [5.74, 6) is -0.167. The molecule has 1 aliphatic rings. The van der Waals surface area contributed by atoms with Crippen LogP contribution >= 0.6 is 11.6 Å². The van der Waals surface area contributed by atoms with E-state index in [4.69, 9.17) is 11.6 Å². The number of amides is 1. The SMILES string of the molecule is O=C(c1ccc(Cl)cc1)N1CC[C@](O)(CNCCc2c[nH]c3ccccc23)[C@@H](O)C1. The summed E-state index contributed by atoms with van der Waals surface area (Å²) >= 11 is 5.88. The number of nitrogens with zero attached hydrogens (tertiary/aromatic N) is 1. The Hall–Kier alpha value is -2.38. The number of aliphatic hydroxyl groups is 2. The number of rotatable bonds is 6. The number of aromatic nitrogens is 1. The fraction of sp³-hybridized carbons (Fsp3) is 0.348. The predicted octanol–water partition coefficient (Wildman–Crippen LogP) is 2.59. The molecule has 6 nitrogen and oxygen atoms in total. The number of hydrogen-bond donors (Lipinski definition) is 4. The molecule has 30 heavy (non-hydrogen) atoms. The third-order valence-corrected chi connectivity index (χ3v) is 6.14. The molecule has 1 fully saturated rings. The minimum Gasteiger partial charge on any atom is -0.388 e. The number of aliphatic hydroxyl groups excluding tert-OH is 1. The molecule has 0 spiro atoms. The van der Waals surface area contributed by atoms with Crippen LogP contribution in [0.1, 0.15) is 22.3 Å². The van der Waals surface area contributed by atoms with Gasteiger partial charge in [-0.05, 0) is 55.3 Å². The Morgan fingerprint density at radius 1 is 1.23 bits per heavy atom. The summed E-state index contributed by atoms with van der Waals surface area (Å²) in [6.45, 7) is 1.45. The van der Waals surface area contributed by atoms with Crippen molar-refractivity contribution in [3.63, 3.8) is 0 Å². The summed E-state index contributed by atoms with van der Waals surface area (Å²) < 4.78 is 0. The third-order valence-electron chi connectivity index (χ3n) is 5.88. The van der Waals surface area contributed by atoms with Crippen molar-refractivity contribution in [2.45, 2.75) is 24.5 Å². The van der Waals surface area contributed by atoms with Crippen LogP contribution in [-0.2, 0) is 6.42 Å². The number of piperidine rings is 1. The van der Waals surface area contributed by atoms with Gasteiger partial charge in [0.1, 0.15) is 11.7 Å². The minimum atomic E-state index is -1.25. The van der Waals surface area contributed by atoms with Gasteiger partial charge >= 0.3 is 0 Å². The summed E-state index contributed by atoms with van der Waals surface area (Å²) in [7, 11) is 0. The number of H-pyrrole nitrogens is 1. The van der Waals surface area contributed by atoms with Gasteiger partial charge in [-0.2, -0.15) is 0 Å². The molecule has 1 aromatic heterocycles. The van der Waals surface area contributed by atoms with Gasteiger partial charge in [0.15, 0.2) is 0 Å². The number of likely N-dealkylation sites (tertiary alicyclic amines) is 1. The van der Waals surface area contributed by atoms with Gasteiger partial charge in [0, 0.05) is 47.3 Å². The number of benzene rings is 2. The molecule has 4 N–H and O–H groups in total. The summed E-state index contributed by atoms with van der Waals surface area (Å²) in [6, 6.07) is 14.8. The number of aromatic amines is 1. The summed E-state index contributed by atoms with van der Waals surface area (Å²) in [6.07, 6.45) is 2.13. The van der Waals surface area contributed by atoms with Gasteiger partial charge < -0.3 is 25.4 Å². The first kappa shape index (κ1) is 20.9. The van der Waals surface area contributed by atoms with Crippen molar-refractivity contribution >= 4 is 28.4 Å². The highest BCUT2D eigenvalue weighted by molar-refractivity contribution is 6.30. The lowest BCUT2D eigenvalue weighted by atomic mass is 9.88. The molecule has 1 aliphatic heterocycles. The van der Waals surface area contributed by atoms with Gasteiger partial charge in [-0.25, -0.2) is 0 Å². The maximum absolute atomic E-state index is 12.6. The van der Waals surface area contributed by atoms with Gasteiger partial charge in [-0.15, -0.1) is 0 Å². The second kappa shape index (κ2) is 8.78. The average molecular weight is 428 g/mol. The Morgan fingerprint density at radius 2 is 2.00 bits per heavy atom. The lowest BCUT2D eigenvalue weighted by molar-refractivity contribution is -0.110. The Morgan fingerprint density at radius 3 is 2.77 bits per heavy atom. The zero-order valence-corrected chi connectivity index (χ0v) is 17.4. The van der Waals surface area contributed by atoms with Gasteiger partial charge in [-0.3, -0.25) is 4.79 Å². The van der Waals surface area contributed by atoms with E-state index < -0.39 is 11.7 Å². The van der Waals surface area contributed by atoms with Crippen molar-refractivity contribution in [1.29, 1.82) is 0 Å². The second-order valence-corrected chi connectivity index (χ2v) is 8.35. The van der Waals surface area contributed by atoms with Crippen LogP contribution in [0, 0.1) is 0 Å². The number of β-amino-alcohol motifs (C(OH)–C–C–N with tert-alkyl or cyclic N) is 1. The van der Waals surface area contributed by atoms with E-state index in [9.17, 15) is 15.0 Å². The van der Waals surface area contributed by atoms with E-state index >= 15 is 0 Å². The van der Waals surface area contributed by atoms with Crippen LogP contribution < -0.4 is 5.32 Å². The van der Waals surface area contributed by atoms with Crippen LogP contribution in [0.15, 0.2) is 54.7 Å². The standard InChI is InChI=1S/C23H26ClN3O3/c24-18-7-5-16(6-8-18)22(29)27-12-10-23(30,21(28)14-27)15-25-11-9-17-13-26-20-4-2-1-3-19(17)20/h1-8,13,21,25-26,28,30H,9-12,14-15H2/t21-,23-/m0/s1. The van der Waals surface area contributed by atoms with Crippen molar-refractivity contribution in [2.24, 2.45) is 0 Å². The topological polar surface area (TPSA) is 88.6 Å². The van der Waals surface area contributed by atoms with Crippen molar-refractivity contribution in [3.05, 3.63) is 70.9 Å². The third kappa shape index (κ3) is 4.37. The first-order chi connectivity index (χ1) is 14.5. The first-order valence-electron chi connectivity index (χ1n) is 10.2. The van der Waals surface area contributed by atoms with E-state index in [1.165, 1.54) is 10.9 Å².